The Morgan fingerprint density at radius 1 is 1.69 bits per heavy atom. The van der Waals surface area contributed by atoms with Crippen molar-refractivity contribution in [2.24, 2.45) is 0 Å². The van der Waals surface area contributed by atoms with Gasteiger partial charge < -0.3 is 4.74 Å². The molecule has 0 spiro atoms. The topological polar surface area (TPSA) is 44.1 Å². The second-order valence-electron chi connectivity index (χ2n) is 2.59. The summed E-state index contributed by atoms with van der Waals surface area (Å²) in [5.74, 6) is 0. The Balaban J connectivity index is 2.67. The molecule has 1 aromatic heterocycles. The quantitative estimate of drug-likeness (QED) is 0.747. The highest BCUT2D eigenvalue weighted by atomic mass is 79.9. The molecule has 0 atom stereocenters. The highest BCUT2D eigenvalue weighted by Crippen LogP contribution is 1.98. The first kappa shape index (κ1) is 10.4. The summed E-state index contributed by atoms with van der Waals surface area (Å²) in [6.45, 7) is 1.29. The van der Waals surface area contributed by atoms with E-state index in [-0.39, 0.29) is 5.56 Å². The van der Waals surface area contributed by atoms with Gasteiger partial charge in [0, 0.05) is 26.5 Å². The van der Waals surface area contributed by atoms with E-state index in [4.69, 9.17) is 4.74 Å². The maximum atomic E-state index is 11.4. The number of halogens is 1. The average Bonchev–Trinajstić information content (AvgIpc) is 2.13. The summed E-state index contributed by atoms with van der Waals surface area (Å²) in [7, 11) is 1.64. The Morgan fingerprint density at radius 2 is 2.46 bits per heavy atom. The van der Waals surface area contributed by atoms with E-state index in [1.54, 1.807) is 11.7 Å². The van der Waals surface area contributed by atoms with Crippen molar-refractivity contribution in [2.75, 3.05) is 13.7 Å². The van der Waals surface area contributed by atoms with Crippen LogP contribution in [0.3, 0.4) is 0 Å². The molecular weight excluding hydrogens is 236 g/mol. The first-order chi connectivity index (χ1) is 6.25. The van der Waals surface area contributed by atoms with Gasteiger partial charge in [0.15, 0.2) is 0 Å². The summed E-state index contributed by atoms with van der Waals surface area (Å²) in [5, 5.41) is 0. The van der Waals surface area contributed by atoms with E-state index in [9.17, 15) is 4.79 Å². The van der Waals surface area contributed by atoms with Crippen LogP contribution < -0.4 is 5.56 Å². The third-order valence-corrected chi connectivity index (χ3v) is 2.15. The van der Waals surface area contributed by atoms with Gasteiger partial charge in [-0.2, -0.15) is 0 Å². The summed E-state index contributed by atoms with van der Waals surface area (Å²) < 4.78 is 6.94. The number of methoxy groups -OCH3 is 1. The van der Waals surface area contributed by atoms with E-state index in [2.05, 4.69) is 20.9 Å². The van der Waals surface area contributed by atoms with Crippen molar-refractivity contribution in [3.63, 3.8) is 0 Å². The minimum absolute atomic E-state index is 0.0499. The molecule has 0 fully saturated rings. The third-order valence-electron chi connectivity index (χ3n) is 1.61. The van der Waals surface area contributed by atoms with Crippen LogP contribution in [0.15, 0.2) is 21.8 Å². The van der Waals surface area contributed by atoms with Gasteiger partial charge in [-0.25, -0.2) is 4.98 Å². The summed E-state index contributed by atoms with van der Waals surface area (Å²) in [4.78, 5) is 15.3. The van der Waals surface area contributed by atoms with Crippen LogP contribution in [0, 0.1) is 0 Å². The van der Waals surface area contributed by atoms with E-state index in [1.807, 2.05) is 0 Å². The zero-order valence-corrected chi connectivity index (χ0v) is 8.95. The number of hydrogen-bond acceptors (Lipinski definition) is 3. The number of rotatable bonds is 4. The number of ether oxygens (including phenoxy) is 1. The SMILES string of the molecule is COCCCn1cncc(Br)c1=O. The molecule has 72 valence electrons. The van der Waals surface area contributed by atoms with Crippen LogP contribution >= 0.6 is 15.9 Å². The number of hydrogen-bond donors (Lipinski definition) is 0. The molecule has 0 saturated heterocycles. The van der Waals surface area contributed by atoms with Crippen molar-refractivity contribution in [1.82, 2.24) is 9.55 Å². The molecule has 0 aliphatic carbocycles. The molecule has 0 radical (unpaired) electrons. The minimum atomic E-state index is -0.0499. The monoisotopic (exact) mass is 246 g/mol. The maximum Gasteiger partial charge on any atom is 0.267 e. The van der Waals surface area contributed by atoms with Crippen molar-refractivity contribution in [2.45, 2.75) is 13.0 Å². The second-order valence-corrected chi connectivity index (χ2v) is 3.44. The molecule has 0 bridgehead atoms. The fraction of sp³-hybridized carbons (Fsp3) is 0.500. The van der Waals surface area contributed by atoms with Gasteiger partial charge in [0.05, 0.1) is 6.33 Å². The van der Waals surface area contributed by atoms with Crippen molar-refractivity contribution >= 4 is 15.9 Å². The van der Waals surface area contributed by atoms with Gasteiger partial charge in [0.1, 0.15) is 4.47 Å². The Kier molecular flexibility index (Phi) is 4.11. The normalized spacial score (nSPS) is 10.3. The lowest BCUT2D eigenvalue weighted by atomic mass is 10.4. The molecule has 0 aliphatic rings. The number of aromatic nitrogens is 2. The summed E-state index contributed by atoms with van der Waals surface area (Å²) in [5.41, 5.74) is -0.0499. The van der Waals surface area contributed by atoms with E-state index in [0.717, 1.165) is 6.42 Å². The van der Waals surface area contributed by atoms with Gasteiger partial charge in [-0.05, 0) is 22.4 Å². The molecule has 0 unspecified atom stereocenters. The third kappa shape index (κ3) is 2.93. The minimum Gasteiger partial charge on any atom is -0.385 e. The largest absolute Gasteiger partial charge is 0.385 e. The maximum absolute atomic E-state index is 11.4. The molecule has 1 heterocycles. The zero-order valence-electron chi connectivity index (χ0n) is 7.36. The molecule has 5 heteroatoms. The summed E-state index contributed by atoms with van der Waals surface area (Å²) >= 11 is 3.13. The van der Waals surface area contributed by atoms with E-state index >= 15 is 0 Å². The molecule has 0 amide bonds. The lowest BCUT2D eigenvalue weighted by Crippen LogP contribution is -2.21. The Hall–Kier alpha value is -0.680. The summed E-state index contributed by atoms with van der Waals surface area (Å²) in [6.07, 6.45) is 3.84. The molecule has 13 heavy (non-hydrogen) atoms. The van der Waals surface area contributed by atoms with Crippen LogP contribution in [0.25, 0.3) is 0 Å². The van der Waals surface area contributed by atoms with Gasteiger partial charge in [0.2, 0.25) is 0 Å². The van der Waals surface area contributed by atoms with Crippen LogP contribution in [-0.4, -0.2) is 23.3 Å². The van der Waals surface area contributed by atoms with E-state index < -0.39 is 0 Å². The first-order valence-electron chi connectivity index (χ1n) is 3.94. The Bertz CT molecular complexity index is 324. The Labute approximate surface area is 84.7 Å². The standard InChI is InChI=1S/C8H11BrN2O2/c1-13-4-2-3-11-6-10-5-7(9)8(11)12/h5-6H,2-4H2,1H3. The summed E-state index contributed by atoms with van der Waals surface area (Å²) in [6, 6.07) is 0. The Morgan fingerprint density at radius 3 is 3.15 bits per heavy atom. The molecule has 1 aromatic rings. The predicted octanol–water partition coefficient (Wildman–Crippen LogP) is 1.04. The fourth-order valence-corrected chi connectivity index (χ4v) is 1.31. The average molecular weight is 247 g/mol. The van der Waals surface area contributed by atoms with Crippen LogP contribution in [0.5, 0.6) is 0 Å². The lowest BCUT2D eigenvalue weighted by molar-refractivity contribution is 0.190. The lowest BCUT2D eigenvalue weighted by Gasteiger charge is -2.03. The molecule has 4 nitrogen and oxygen atoms in total. The van der Waals surface area contributed by atoms with Crippen LogP contribution in [0.4, 0.5) is 0 Å². The van der Waals surface area contributed by atoms with Gasteiger partial charge in [0.25, 0.3) is 5.56 Å². The van der Waals surface area contributed by atoms with Crippen molar-refractivity contribution in [1.29, 1.82) is 0 Å². The molecular formula is C8H11BrN2O2. The van der Waals surface area contributed by atoms with Gasteiger partial charge in [-0.15, -0.1) is 0 Å². The first-order valence-corrected chi connectivity index (χ1v) is 4.74. The molecule has 0 saturated carbocycles. The molecule has 0 aromatic carbocycles. The number of aryl methyl sites for hydroxylation is 1. The van der Waals surface area contributed by atoms with E-state index in [0.29, 0.717) is 17.6 Å². The van der Waals surface area contributed by atoms with Gasteiger partial charge in [-0.1, -0.05) is 0 Å². The zero-order chi connectivity index (χ0) is 9.68. The van der Waals surface area contributed by atoms with Crippen molar-refractivity contribution < 1.29 is 4.74 Å². The smallest absolute Gasteiger partial charge is 0.267 e. The van der Waals surface area contributed by atoms with Crippen LogP contribution in [0.2, 0.25) is 0 Å². The fourth-order valence-electron chi connectivity index (χ4n) is 0.963. The van der Waals surface area contributed by atoms with Crippen molar-refractivity contribution in [3.05, 3.63) is 27.4 Å². The van der Waals surface area contributed by atoms with Crippen LogP contribution in [0.1, 0.15) is 6.42 Å². The van der Waals surface area contributed by atoms with Crippen molar-refractivity contribution in [3.8, 4) is 0 Å². The second kappa shape index (κ2) is 5.14. The molecule has 1 rings (SSSR count). The van der Waals surface area contributed by atoms with Gasteiger partial charge >= 0.3 is 0 Å². The highest BCUT2D eigenvalue weighted by Gasteiger charge is 1.99. The highest BCUT2D eigenvalue weighted by molar-refractivity contribution is 9.10. The van der Waals surface area contributed by atoms with E-state index in [1.165, 1.54) is 12.5 Å². The van der Waals surface area contributed by atoms with Gasteiger partial charge in [-0.3, -0.25) is 9.36 Å². The molecule has 0 N–H and O–H groups in total. The van der Waals surface area contributed by atoms with Crippen LogP contribution in [-0.2, 0) is 11.3 Å². The molecule has 0 aliphatic heterocycles. The predicted molar refractivity (Wildman–Crippen MR) is 52.7 cm³/mol. The number of nitrogens with zero attached hydrogens (tertiary/aromatic N) is 2.